The van der Waals surface area contributed by atoms with Crippen LogP contribution >= 0.6 is 0 Å². The minimum absolute atomic E-state index is 2.81. The van der Waals surface area contributed by atoms with Crippen molar-refractivity contribution in [1.29, 1.82) is 0 Å². The zero-order valence-corrected chi connectivity index (χ0v) is 2.84. The van der Waals surface area contributed by atoms with Gasteiger partial charge in [-0.3, -0.25) is 0 Å². The van der Waals surface area contributed by atoms with E-state index in [4.69, 9.17) is 0 Å². The minimum atomic E-state index is -5.50. The summed E-state index contributed by atoms with van der Waals surface area (Å²) in [6.45, 7) is 0. The van der Waals surface area contributed by atoms with Crippen molar-refractivity contribution in [2.45, 2.75) is 6.30 Å². The highest BCUT2D eigenvalue weighted by molar-refractivity contribution is 4.25. The maximum Gasteiger partial charge on any atom is 0.516 e. The number of hydrogen-bond acceptors (Lipinski definition) is 1. The summed E-state index contributed by atoms with van der Waals surface area (Å²) in [7, 11) is 0. The quantitative estimate of drug-likeness (QED) is 0.267. The molecule has 0 aromatic carbocycles. The summed E-state index contributed by atoms with van der Waals surface area (Å²) in [6.07, 6.45) is -5.50. The maximum atomic E-state index is 10.4. The smallest absolute Gasteiger partial charge is 0.152 e. The first kappa shape index (κ1) is 6.61. The fourth-order valence-corrected chi connectivity index (χ4v) is 0. The number of nitrogens with zero attached hydrogens (tertiary/aromatic N) is 1. The molecule has 0 radical (unpaired) electrons. The third-order valence-corrected chi connectivity index (χ3v) is 0.192. The topological polar surface area (TPSA) is 3.24 Å². The van der Waals surface area contributed by atoms with Gasteiger partial charge in [-0.2, -0.15) is 13.2 Å². The van der Waals surface area contributed by atoms with Crippen LogP contribution in [0, 0.1) is 0 Å². The van der Waals surface area contributed by atoms with Crippen LogP contribution in [0.2, 0.25) is 0 Å². The van der Waals surface area contributed by atoms with E-state index in [0.29, 0.717) is 0 Å². The average Bonchev–Trinajstić information content (AvgIpc) is 1.31. The Balaban J connectivity index is 3.54. The summed E-state index contributed by atoms with van der Waals surface area (Å²) in [5.41, 5.74) is 0. The van der Waals surface area contributed by atoms with Gasteiger partial charge in [-0.1, -0.05) is 8.96 Å². The predicted octanol–water partition coefficient (Wildman–Crippen LogP) is 1.58. The zero-order valence-electron chi connectivity index (χ0n) is 2.84. The lowest BCUT2D eigenvalue weighted by molar-refractivity contribution is -0.389. The van der Waals surface area contributed by atoms with Crippen molar-refractivity contribution < 1.29 is 22.1 Å². The molecule has 0 fully saturated rings. The van der Waals surface area contributed by atoms with E-state index in [0.717, 1.165) is 0 Å². The van der Waals surface area contributed by atoms with Crippen LogP contribution in [-0.4, -0.2) is 11.6 Å². The van der Waals surface area contributed by atoms with E-state index in [1.807, 2.05) is 0 Å². The van der Waals surface area contributed by atoms with Crippen LogP contribution < -0.4 is 0 Å². The van der Waals surface area contributed by atoms with Crippen molar-refractivity contribution >= 4 is 0 Å². The Hall–Kier alpha value is -0.390. The highest BCUT2D eigenvalue weighted by Gasteiger charge is 2.39. The summed E-state index contributed by atoms with van der Waals surface area (Å²) in [4.78, 5) is 0. The summed E-state index contributed by atoms with van der Waals surface area (Å²) in [6, 6.07) is 0. The Morgan fingerprint density at radius 2 is 1.14 bits per heavy atom. The molecule has 0 atom stereocenters. The second-order valence-electron chi connectivity index (χ2n) is 0.701. The molecule has 7 heavy (non-hydrogen) atoms. The number of rotatable bonds is 0. The van der Waals surface area contributed by atoms with E-state index in [1.54, 1.807) is 0 Å². The fourth-order valence-electron chi connectivity index (χ4n) is 0. The van der Waals surface area contributed by atoms with Crippen molar-refractivity contribution in [1.82, 2.24) is 5.34 Å². The van der Waals surface area contributed by atoms with Gasteiger partial charge < -0.3 is 0 Å². The van der Waals surface area contributed by atoms with Gasteiger partial charge in [0.25, 0.3) is 0 Å². The summed E-state index contributed by atoms with van der Waals surface area (Å²) in [5, 5.41) is -2.81. The average molecular weight is 121 g/mol. The number of halogens is 5. The Kier molecular flexibility index (Phi) is 1.52. The third kappa shape index (κ3) is 2.32. The molecule has 0 rings (SSSR count). The molecule has 6 heteroatoms. The molecule has 0 unspecified atom stereocenters. The molecule has 0 aliphatic rings. The van der Waals surface area contributed by atoms with Gasteiger partial charge in [-0.15, -0.1) is 0 Å². The molecule has 0 aromatic heterocycles. The van der Waals surface area contributed by atoms with E-state index >= 15 is 0 Å². The van der Waals surface area contributed by atoms with Crippen LogP contribution in [0.4, 0.5) is 22.1 Å². The van der Waals surface area contributed by atoms with Crippen LogP contribution in [0.3, 0.4) is 0 Å². The molecular formula is CF5N. The molecule has 0 spiro atoms. The van der Waals surface area contributed by atoms with E-state index in [2.05, 4.69) is 0 Å². The Morgan fingerprint density at radius 1 is 1.00 bits per heavy atom. The molecule has 0 heterocycles. The molecule has 0 aromatic rings. The van der Waals surface area contributed by atoms with Crippen molar-refractivity contribution in [2.75, 3.05) is 0 Å². The highest BCUT2D eigenvalue weighted by atomic mass is 19.5. The van der Waals surface area contributed by atoms with Crippen molar-refractivity contribution in [3.05, 3.63) is 0 Å². The van der Waals surface area contributed by atoms with E-state index in [1.165, 1.54) is 0 Å². The second kappa shape index (κ2) is 1.61. The van der Waals surface area contributed by atoms with E-state index in [-0.39, 0.29) is 0 Å². The molecule has 0 amide bonds. The first-order valence-electron chi connectivity index (χ1n) is 1.13. The molecule has 0 saturated carbocycles. The van der Waals surface area contributed by atoms with Gasteiger partial charge in [0.1, 0.15) is 5.34 Å². The lowest BCUT2D eigenvalue weighted by Gasteiger charge is -2.01. The molecule has 0 bridgehead atoms. The molecule has 0 N–H and O–H groups in total. The van der Waals surface area contributed by atoms with Gasteiger partial charge in [0.15, 0.2) is 0 Å². The lowest BCUT2D eigenvalue weighted by Crippen LogP contribution is -2.22. The maximum absolute atomic E-state index is 10.4. The normalized spacial score (nSPS) is 12.9. The summed E-state index contributed by atoms with van der Waals surface area (Å²) in [5.74, 6) is 0. The van der Waals surface area contributed by atoms with Gasteiger partial charge in [-0.05, 0) is 0 Å². The van der Waals surface area contributed by atoms with Gasteiger partial charge >= 0.3 is 6.30 Å². The molecule has 0 saturated heterocycles. The Morgan fingerprint density at radius 3 is 1.14 bits per heavy atom. The van der Waals surface area contributed by atoms with Gasteiger partial charge in [-0.25, -0.2) is 0 Å². The van der Waals surface area contributed by atoms with Crippen molar-refractivity contribution in [2.24, 2.45) is 0 Å². The van der Waals surface area contributed by atoms with Gasteiger partial charge in [0, 0.05) is 0 Å². The molecule has 1 nitrogen and oxygen atoms in total. The lowest BCUT2D eigenvalue weighted by atomic mass is 11.2. The summed E-state index contributed by atoms with van der Waals surface area (Å²) >= 11 is 0. The van der Waals surface area contributed by atoms with Gasteiger partial charge in [0.2, 0.25) is 0 Å². The van der Waals surface area contributed by atoms with Crippen molar-refractivity contribution in [3.63, 3.8) is 0 Å². The predicted molar refractivity (Wildman–Crippen MR) is 10.1 cm³/mol. The van der Waals surface area contributed by atoms with Crippen LogP contribution in [0.1, 0.15) is 0 Å². The van der Waals surface area contributed by atoms with E-state index in [9.17, 15) is 22.1 Å². The molecular weight excluding hydrogens is 121 g/mol. The minimum Gasteiger partial charge on any atom is -0.152 e. The fraction of sp³-hybridized carbons (Fsp3) is 1.00. The number of hydrogen-bond donors (Lipinski definition) is 0. The van der Waals surface area contributed by atoms with E-state index < -0.39 is 11.6 Å². The molecule has 44 valence electrons. The molecule has 0 aliphatic heterocycles. The van der Waals surface area contributed by atoms with Crippen LogP contribution in [0.5, 0.6) is 0 Å². The van der Waals surface area contributed by atoms with Crippen LogP contribution in [0.25, 0.3) is 0 Å². The third-order valence-electron chi connectivity index (χ3n) is 0.192. The monoisotopic (exact) mass is 121 g/mol. The van der Waals surface area contributed by atoms with Crippen LogP contribution in [0.15, 0.2) is 0 Å². The summed E-state index contributed by atoms with van der Waals surface area (Å²) < 4.78 is 51.6. The SMILES string of the molecule is FN(F)C(F)(F)F. The Labute approximate surface area is 35.2 Å². The Bertz CT molecular complexity index is 53.6. The molecule has 0 aliphatic carbocycles. The van der Waals surface area contributed by atoms with Crippen molar-refractivity contribution in [3.8, 4) is 0 Å². The zero-order chi connectivity index (χ0) is 6.08. The number of alkyl halides is 3. The first-order chi connectivity index (χ1) is 2.94. The van der Waals surface area contributed by atoms with Crippen LogP contribution in [-0.2, 0) is 0 Å². The first-order valence-corrected chi connectivity index (χ1v) is 1.13. The van der Waals surface area contributed by atoms with Gasteiger partial charge in [0.05, 0.1) is 0 Å². The largest absolute Gasteiger partial charge is 0.516 e. The highest BCUT2D eigenvalue weighted by Crippen LogP contribution is 2.20. The standard InChI is InChI=1S/CF5N/c2-1(3,4)7(5)6. The second-order valence-corrected chi connectivity index (χ2v) is 0.701.